The van der Waals surface area contributed by atoms with E-state index < -0.39 is 12.2 Å². The third kappa shape index (κ3) is 4.16. The largest absolute Gasteiger partial charge is 0.324 e. The third-order valence-electron chi connectivity index (χ3n) is 4.75. The molecule has 21 heavy (non-hydrogen) atoms. The van der Waals surface area contributed by atoms with Gasteiger partial charge in [0.2, 0.25) is 5.91 Å². The first-order valence-electron chi connectivity index (χ1n) is 8.04. The molecular formula is C16H26FN3O. The highest BCUT2D eigenvalue weighted by Gasteiger charge is 2.36. The Morgan fingerprint density at radius 3 is 2.76 bits per heavy atom. The SMILES string of the molecule is CC(CC(=O)N1C[C@@H](F)C[C@H]1C#N)NC1(C)CCCCC1. The minimum atomic E-state index is -1.06. The van der Waals surface area contributed by atoms with Crippen LogP contribution < -0.4 is 5.32 Å². The molecule has 1 amide bonds. The van der Waals surface area contributed by atoms with Crippen LogP contribution in [0.5, 0.6) is 0 Å². The molecule has 1 N–H and O–H groups in total. The van der Waals surface area contributed by atoms with Crippen molar-refractivity contribution in [2.24, 2.45) is 0 Å². The van der Waals surface area contributed by atoms with Crippen LogP contribution in [0.3, 0.4) is 0 Å². The van der Waals surface area contributed by atoms with E-state index in [4.69, 9.17) is 5.26 Å². The van der Waals surface area contributed by atoms with Crippen LogP contribution in [-0.2, 0) is 4.79 Å². The molecule has 1 aliphatic carbocycles. The van der Waals surface area contributed by atoms with Gasteiger partial charge in [0.15, 0.2) is 0 Å². The monoisotopic (exact) mass is 295 g/mol. The molecule has 1 aliphatic heterocycles. The zero-order valence-electron chi connectivity index (χ0n) is 13.1. The summed E-state index contributed by atoms with van der Waals surface area (Å²) in [6.45, 7) is 4.29. The van der Waals surface area contributed by atoms with Gasteiger partial charge in [-0.2, -0.15) is 5.26 Å². The second-order valence-electron chi connectivity index (χ2n) is 6.89. The summed E-state index contributed by atoms with van der Waals surface area (Å²) in [4.78, 5) is 13.7. The number of hydrogen-bond acceptors (Lipinski definition) is 3. The lowest BCUT2D eigenvalue weighted by Crippen LogP contribution is -2.50. The van der Waals surface area contributed by atoms with E-state index in [0.29, 0.717) is 6.42 Å². The molecule has 2 rings (SSSR count). The van der Waals surface area contributed by atoms with Crippen LogP contribution >= 0.6 is 0 Å². The van der Waals surface area contributed by atoms with E-state index in [1.54, 1.807) is 0 Å². The van der Waals surface area contributed by atoms with Gasteiger partial charge in [0.25, 0.3) is 0 Å². The first kappa shape index (κ1) is 16.2. The van der Waals surface area contributed by atoms with Gasteiger partial charge in [0, 0.05) is 24.4 Å². The number of nitrogens with zero attached hydrogens (tertiary/aromatic N) is 2. The maximum Gasteiger partial charge on any atom is 0.225 e. The first-order chi connectivity index (χ1) is 9.93. The van der Waals surface area contributed by atoms with Crippen LogP contribution in [0.4, 0.5) is 4.39 Å². The number of rotatable bonds is 4. The number of nitrogens with one attached hydrogen (secondary N) is 1. The van der Waals surface area contributed by atoms with Gasteiger partial charge in [0.1, 0.15) is 12.2 Å². The fourth-order valence-corrected chi connectivity index (χ4v) is 3.68. The summed E-state index contributed by atoms with van der Waals surface area (Å²) in [5.41, 5.74) is 0.111. The molecule has 1 heterocycles. The molecule has 0 aromatic rings. The van der Waals surface area contributed by atoms with Crippen molar-refractivity contribution >= 4 is 5.91 Å². The molecule has 118 valence electrons. The molecular weight excluding hydrogens is 269 g/mol. The maximum atomic E-state index is 13.4. The second kappa shape index (κ2) is 6.74. The smallest absolute Gasteiger partial charge is 0.225 e. The van der Waals surface area contributed by atoms with Crippen molar-refractivity contribution < 1.29 is 9.18 Å². The van der Waals surface area contributed by atoms with Gasteiger partial charge < -0.3 is 10.2 Å². The highest BCUT2D eigenvalue weighted by molar-refractivity contribution is 5.78. The van der Waals surface area contributed by atoms with E-state index in [9.17, 15) is 9.18 Å². The Labute approximate surface area is 126 Å². The molecule has 2 aliphatic rings. The van der Waals surface area contributed by atoms with E-state index in [1.165, 1.54) is 24.2 Å². The molecule has 0 aromatic heterocycles. The van der Waals surface area contributed by atoms with Crippen molar-refractivity contribution in [1.82, 2.24) is 10.2 Å². The summed E-state index contributed by atoms with van der Waals surface area (Å²) < 4.78 is 13.4. The van der Waals surface area contributed by atoms with Crippen LogP contribution in [0.15, 0.2) is 0 Å². The van der Waals surface area contributed by atoms with Crippen molar-refractivity contribution in [2.75, 3.05) is 6.54 Å². The summed E-state index contributed by atoms with van der Waals surface area (Å²) in [6, 6.07) is 1.49. The molecule has 0 spiro atoms. The molecule has 1 unspecified atom stereocenters. The van der Waals surface area contributed by atoms with Gasteiger partial charge in [-0.1, -0.05) is 19.3 Å². The fraction of sp³-hybridized carbons (Fsp3) is 0.875. The summed E-state index contributed by atoms with van der Waals surface area (Å²) >= 11 is 0. The Bertz CT molecular complexity index is 414. The van der Waals surface area contributed by atoms with Crippen LogP contribution in [0.1, 0.15) is 58.8 Å². The fourth-order valence-electron chi connectivity index (χ4n) is 3.68. The Balaban J connectivity index is 1.86. The van der Waals surface area contributed by atoms with Crippen molar-refractivity contribution in [2.45, 2.75) is 82.6 Å². The number of carbonyl (C=O) groups excluding carboxylic acids is 1. The lowest BCUT2D eigenvalue weighted by molar-refractivity contribution is -0.131. The van der Waals surface area contributed by atoms with Gasteiger partial charge in [-0.3, -0.25) is 4.79 Å². The van der Waals surface area contributed by atoms with E-state index in [2.05, 4.69) is 12.2 Å². The summed E-state index contributed by atoms with van der Waals surface area (Å²) in [5.74, 6) is -0.110. The van der Waals surface area contributed by atoms with Gasteiger partial charge in [-0.05, 0) is 26.7 Å². The minimum absolute atomic E-state index is 0.0543. The van der Waals surface area contributed by atoms with E-state index in [-0.39, 0.29) is 30.5 Å². The Kier molecular flexibility index (Phi) is 5.21. The number of carbonyl (C=O) groups is 1. The molecule has 5 heteroatoms. The lowest BCUT2D eigenvalue weighted by Gasteiger charge is -2.37. The Morgan fingerprint density at radius 2 is 2.14 bits per heavy atom. The number of halogens is 1. The predicted molar refractivity (Wildman–Crippen MR) is 79.3 cm³/mol. The molecule has 2 fully saturated rings. The van der Waals surface area contributed by atoms with Gasteiger partial charge in [-0.25, -0.2) is 4.39 Å². The predicted octanol–water partition coefficient (Wildman–Crippen LogP) is 2.54. The van der Waals surface area contributed by atoms with Gasteiger partial charge in [0.05, 0.1) is 12.6 Å². The normalized spacial score (nSPS) is 29.9. The molecule has 0 radical (unpaired) electrons. The number of amides is 1. The molecule has 1 saturated heterocycles. The molecule has 1 saturated carbocycles. The molecule has 3 atom stereocenters. The second-order valence-corrected chi connectivity index (χ2v) is 6.89. The van der Waals surface area contributed by atoms with Crippen LogP contribution in [-0.4, -0.2) is 41.1 Å². The number of alkyl halides is 1. The van der Waals surface area contributed by atoms with Crippen LogP contribution in [0, 0.1) is 11.3 Å². The van der Waals surface area contributed by atoms with Crippen molar-refractivity contribution in [3.63, 3.8) is 0 Å². The first-order valence-corrected chi connectivity index (χ1v) is 8.04. The van der Waals surface area contributed by atoms with E-state index >= 15 is 0 Å². The quantitative estimate of drug-likeness (QED) is 0.867. The number of nitriles is 1. The minimum Gasteiger partial charge on any atom is -0.324 e. The molecule has 0 aromatic carbocycles. The maximum absolute atomic E-state index is 13.4. The van der Waals surface area contributed by atoms with Crippen molar-refractivity contribution in [3.8, 4) is 6.07 Å². The summed E-state index contributed by atoms with van der Waals surface area (Å²) in [7, 11) is 0. The Hall–Kier alpha value is -1.15. The lowest BCUT2D eigenvalue weighted by atomic mass is 9.82. The van der Waals surface area contributed by atoms with Gasteiger partial charge >= 0.3 is 0 Å². The van der Waals surface area contributed by atoms with Crippen molar-refractivity contribution in [3.05, 3.63) is 0 Å². The van der Waals surface area contributed by atoms with Crippen molar-refractivity contribution in [1.29, 1.82) is 5.26 Å². The average molecular weight is 295 g/mol. The highest BCUT2D eigenvalue weighted by atomic mass is 19.1. The van der Waals surface area contributed by atoms with Gasteiger partial charge in [-0.15, -0.1) is 0 Å². The average Bonchev–Trinajstić information content (AvgIpc) is 2.80. The van der Waals surface area contributed by atoms with E-state index in [0.717, 1.165) is 12.8 Å². The Morgan fingerprint density at radius 1 is 1.48 bits per heavy atom. The highest BCUT2D eigenvalue weighted by Crippen LogP contribution is 2.28. The third-order valence-corrected chi connectivity index (χ3v) is 4.75. The zero-order chi connectivity index (χ0) is 15.5. The summed E-state index contributed by atoms with van der Waals surface area (Å²) in [6.07, 6.45) is 5.47. The van der Waals surface area contributed by atoms with Crippen LogP contribution in [0.25, 0.3) is 0 Å². The summed E-state index contributed by atoms with van der Waals surface area (Å²) in [5, 5.41) is 12.6. The number of hydrogen-bond donors (Lipinski definition) is 1. The van der Waals surface area contributed by atoms with Crippen LogP contribution in [0.2, 0.25) is 0 Å². The standard InChI is InChI=1S/C16H26FN3O/c1-12(19-16(2)6-4-3-5-7-16)8-15(21)20-11-13(17)9-14(20)10-18/h12-14,19H,3-9,11H2,1-2H3/t12?,13-,14-/m0/s1. The number of likely N-dealkylation sites (tertiary alicyclic amines) is 1. The molecule has 0 bridgehead atoms. The molecule has 4 nitrogen and oxygen atoms in total. The van der Waals surface area contributed by atoms with E-state index in [1.807, 2.05) is 13.0 Å². The topological polar surface area (TPSA) is 56.1 Å². The zero-order valence-corrected chi connectivity index (χ0v) is 13.1.